The second kappa shape index (κ2) is 10.4. The van der Waals surface area contributed by atoms with E-state index in [4.69, 9.17) is 4.74 Å². The fraction of sp³-hybridized carbons (Fsp3) is 0.455. The van der Waals surface area contributed by atoms with Crippen LogP contribution in [0.25, 0.3) is 0 Å². The number of hydrogen-bond donors (Lipinski definition) is 1. The third kappa shape index (κ3) is 5.63. The second-order valence-electron chi connectivity index (χ2n) is 7.86. The number of nitrogens with one attached hydrogen (secondary N) is 1. The molecule has 0 atom stereocenters. The van der Waals surface area contributed by atoms with E-state index < -0.39 is 10.0 Å². The lowest BCUT2D eigenvalue weighted by molar-refractivity contribution is -0.116. The van der Waals surface area contributed by atoms with Crippen molar-refractivity contribution < 1.29 is 17.9 Å². The Labute approximate surface area is 189 Å². The third-order valence-electron chi connectivity index (χ3n) is 5.74. The molecule has 172 valence electrons. The molecular formula is C22H29N5O4S. The van der Waals surface area contributed by atoms with Crippen molar-refractivity contribution >= 4 is 27.4 Å². The van der Waals surface area contributed by atoms with Gasteiger partial charge in [0.2, 0.25) is 15.9 Å². The van der Waals surface area contributed by atoms with E-state index in [0.29, 0.717) is 39.3 Å². The van der Waals surface area contributed by atoms with Gasteiger partial charge in [0.1, 0.15) is 10.7 Å². The van der Waals surface area contributed by atoms with E-state index in [2.05, 4.69) is 20.1 Å². The van der Waals surface area contributed by atoms with Crippen LogP contribution in [0.4, 0.5) is 11.5 Å². The Bertz CT molecular complexity index is 987. The number of sulfonamides is 1. The molecule has 1 amide bonds. The number of morpholine rings is 1. The summed E-state index contributed by atoms with van der Waals surface area (Å²) in [6.07, 6.45) is 1.89. The molecule has 2 fully saturated rings. The lowest BCUT2D eigenvalue weighted by Gasteiger charge is -2.35. The first-order valence-electron chi connectivity index (χ1n) is 10.9. The first-order chi connectivity index (χ1) is 15.5. The SMILES string of the molecule is O=C(CCN1CCN(c2ccc(S(=O)(=O)N3CCOCC3)cn2)CC1)Nc1ccccc1. The van der Waals surface area contributed by atoms with Crippen molar-refractivity contribution in [2.75, 3.05) is 69.2 Å². The highest BCUT2D eigenvalue weighted by atomic mass is 32.2. The Balaban J connectivity index is 1.25. The highest BCUT2D eigenvalue weighted by molar-refractivity contribution is 7.89. The van der Waals surface area contributed by atoms with Crippen molar-refractivity contribution in [2.45, 2.75) is 11.3 Å². The van der Waals surface area contributed by atoms with Crippen LogP contribution in [0, 0.1) is 0 Å². The molecule has 2 aliphatic heterocycles. The van der Waals surface area contributed by atoms with Crippen LogP contribution in [0.5, 0.6) is 0 Å². The van der Waals surface area contributed by atoms with Gasteiger partial charge in [-0.3, -0.25) is 9.69 Å². The van der Waals surface area contributed by atoms with Crippen LogP contribution in [0.15, 0.2) is 53.6 Å². The molecule has 1 N–H and O–H groups in total. The van der Waals surface area contributed by atoms with Gasteiger partial charge in [-0.1, -0.05) is 18.2 Å². The molecular weight excluding hydrogens is 430 g/mol. The smallest absolute Gasteiger partial charge is 0.244 e. The van der Waals surface area contributed by atoms with Crippen molar-refractivity contribution in [3.63, 3.8) is 0 Å². The number of piperazine rings is 1. The molecule has 32 heavy (non-hydrogen) atoms. The van der Waals surface area contributed by atoms with Gasteiger partial charge in [-0.05, 0) is 24.3 Å². The zero-order chi connectivity index (χ0) is 22.4. The first-order valence-corrected chi connectivity index (χ1v) is 12.3. The molecule has 2 aliphatic rings. The highest BCUT2D eigenvalue weighted by Crippen LogP contribution is 2.20. The fourth-order valence-electron chi connectivity index (χ4n) is 3.85. The molecule has 9 nitrogen and oxygen atoms in total. The van der Waals surface area contributed by atoms with Crippen LogP contribution in [0.2, 0.25) is 0 Å². The molecule has 10 heteroatoms. The molecule has 2 saturated heterocycles. The van der Waals surface area contributed by atoms with Crippen LogP contribution < -0.4 is 10.2 Å². The number of para-hydroxylation sites is 1. The van der Waals surface area contributed by atoms with E-state index in [9.17, 15) is 13.2 Å². The van der Waals surface area contributed by atoms with Crippen LogP contribution >= 0.6 is 0 Å². The summed E-state index contributed by atoms with van der Waals surface area (Å²) in [5, 5.41) is 2.91. The topological polar surface area (TPSA) is 95.1 Å². The summed E-state index contributed by atoms with van der Waals surface area (Å²) in [6, 6.07) is 12.9. The summed E-state index contributed by atoms with van der Waals surface area (Å²) in [5.74, 6) is 0.782. The summed E-state index contributed by atoms with van der Waals surface area (Å²) >= 11 is 0. The van der Waals surface area contributed by atoms with Gasteiger partial charge in [0.15, 0.2) is 0 Å². The molecule has 0 radical (unpaired) electrons. The van der Waals surface area contributed by atoms with E-state index in [-0.39, 0.29) is 10.8 Å². The first kappa shape index (κ1) is 22.7. The van der Waals surface area contributed by atoms with Crippen LogP contribution in [-0.4, -0.2) is 87.5 Å². The lowest BCUT2D eigenvalue weighted by Crippen LogP contribution is -2.47. The molecule has 0 aliphatic carbocycles. The molecule has 3 heterocycles. The van der Waals surface area contributed by atoms with E-state index >= 15 is 0 Å². The van der Waals surface area contributed by atoms with Gasteiger partial charge in [0.25, 0.3) is 0 Å². The van der Waals surface area contributed by atoms with Crippen LogP contribution in [0.3, 0.4) is 0 Å². The zero-order valence-corrected chi connectivity index (χ0v) is 18.8. The standard InChI is InChI=1S/C22H29N5O4S/c28-22(24-19-4-2-1-3-5-19)8-9-25-10-12-26(13-11-25)21-7-6-20(18-23-21)32(29,30)27-14-16-31-17-15-27/h1-7,18H,8-17H2,(H,24,28). The summed E-state index contributed by atoms with van der Waals surface area (Å²) in [6.45, 7) is 5.50. The number of amides is 1. The van der Waals surface area contributed by atoms with E-state index in [1.165, 1.54) is 10.5 Å². The average molecular weight is 460 g/mol. The van der Waals surface area contributed by atoms with Gasteiger partial charge < -0.3 is 15.0 Å². The maximum absolute atomic E-state index is 12.7. The van der Waals surface area contributed by atoms with Crippen LogP contribution in [-0.2, 0) is 19.6 Å². The minimum atomic E-state index is -3.53. The van der Waals surface area contributed by atoms with Crippen molar-refractivity contribution in [3.05, 3.63) is 48.7 Å². The number of pyridine rings is 1. The summed E-state index contributed by atoms with van der Waals surface area (Å²) in [7, 11) is -3.53. The minimum Gasteiger partial charge on any atom is -0.379 e. The number of aromatic nitrogens is 1. The number of hydrogen-bond acceptors (Lipinski definition) is 7. The van der Waals surface area contributed by atoms with E-state index in [0.717, 1.165) is 37.7 Å². The normalized spacial score (nSPS) is 18.4. The van der Waals surface area contributed by atoms with E-state index in [1.54, 1.807) is 12.1 Å². The predicted molar refractivity (Wildman–Crippen MR) is 122 cm³/mol. The maximum Gasteiger partial charge on any atom is 0.244 e. The van der Waals surface area contributed by atoms with E-state index in [1.807, 2.05) is 30.3 Å². The third-order valence-corrected chi connectivity index (χ3v) is 7.62. The lowest BCUT2D eigenvalue weighted by atomic mass is 10.2. The molecule has 2 aromatic rings. The Kier molecular flexibility index (Phi) is 7.36. The number of benzene rings is 1. The Morgan fingerprint density at radius 1 is 0.969 bits per heavy atom. The van der Waals surface area contributed by atoms with Crippen molar-refractivity contribution in [1.82, 2.24) is 14.2 Å². The molecule has 1 aromatic carbocycles. The highest BCUT2D eigenvalue weighted by Gasteiger charge is 2.27. The molecule has 0 saturated carbocycles. The van der Waals surface area contributed by atoms with Crippen molar-refractivity contribution in [2.24, 2.45) is 0 Å². The van der Waals surface area contributed by atoms with Gasteiger partial charge in [-0.25, -0.2) is 13.4 Å². The number of carbonyl (C=O) groups is 1. The number of carbonyl (C=O) groups excluding carboxylic acids is 1. The van der Waals surface area contributed by atoms with Gasteiger partial charge >= 0.3 is 0 Å². The minimum absolute atomic E-state index is 0.0114. The number of anilines is 2. The average Bonchev–Trinajstić information content (AvgIpc) is 2.84. The van der Waals surface area contributed by atoms with Gasteiger partial charge in [0.05, 0.1) is 13.2 Å². The number of nitrogens with zero attached hydrogens (tertiary/aromatic N) is 4. The van der Waals surface area contributed by atoms with Crippen molar-refractivity contribution in [3.8, 4) is 0 Å². The predicted octanol–water partition coefficient (Wildman–Crippen LogP) is 1.25. The molecule has 1 aromatic heterocycles. The summed E-state index contributed by atoms with van der Waals surface area (Å²) in [5.41, 5.74) is 0.812. The molecule has 0 unspecified atom stereocenters. The van der Waals surface area contributed by atoms with Gasteiger partial charge in [-0.15, -0.1) is 0 Å². The Morgan fingerprint density at radius 2 is 1.69 bits per heavy atom. The second-order valence-corrected chi connectivity index (χ2v) is 9.80. The summed E-state index contributed by atoms with van der Waals surface area (Å²) < 4.78 is 32.2. The number of rotatable bonds is 7. The molecule has 0 spiro atoms. The molecule has 4 rings (SSSR count). The fourth-order valence-corrected chi connectivity index (χ4v) is 5.21. The van der Waals surface area contributed by atoms with Gasteiger partial charge in [0, 0.05) is 64.1 Å². The monoisotopic (exact) mass is 459 g/mol. The largest absolute Gasteiger partial charge is 0.379 e. The Hall–Kier alpha value is -2.53. The quantitative estimate of drug-likeness (QED) is 0.666. The zero-order valence-electron chi connectivity index (χ0n) is 18.0. The van der Waals surface area contributed by atoms with Crippen molar-refractivity contribution in [1.29, 1.82) is 0 Å². The summed E-state index contributed by atoms with van der Waals surface area (Å²) in [4.78, 5) is 21.2. The maximum atomic E-state index is 12.7. The van der Waals surface area contributed by atoms with Crippen LogP contribution in [0.1, 0.15) is 6.42 Å². The molecule has 0 bridgehead atoms. The number of ether oxygens (including phenoxy) is 1. The van der Waals surface area contributed by atoms with Gasteiger partial charge in [-0.2, -0.15) is 4.31 Å². The Morgan fingerprint density at radius 3 is 2.34 bits per heavy atom.